The van der Waals surface area contributed by atoms with Gasteiger partial charge in [0.15, 0.2) is 6.61 Å². The van der Waals surface area contributed by atoms with E-state index in [0.29, 0.717) is 46.4 Å². The zero-order valence-electron chi connectivity index (χ0n) is 19.2. The number of hydrogen-bond acceptors (Lipinski definition) is 4. The van der Waals surface area contributed by atoms with Gasteiger partial charge in [-0.05, 0) is 60.2 Å². The maximum atomic E-state index is 13.9. The third kappa shape index (κ3) is 6.70. The van der Waals surface area contributed by atoms with Gasteiger partial charge >= 0.3 is 5.97 Å². The van der Waals surface area contributed by atoms with Crippen LogP contribution in [0.15, 0.2) is 78.9 Å². The normalized spacial score (nSPS) is 10.7. The van der Waals surface area contributed by atoms with E-state index in [4.69, 9.17) is 21.4 Å². The van der Waals surface area contributed by atoms with Crippen molar-refractivity contribution in [3.8, 4) is 22.7 Å². The molecule has 0 fully saturated rings. The summed E-state index contributed by atoms with van der Waals surface area (Å²) in [6.07, 6.45) is 0.610. The summed E-state index contributed by atoms with van der Waals surface area (Å²) < 4.78 is 20.8. The maximum absolute atomic E-state index is 13.9. The minimum atomic E-state index is -1.07. The molecule has 36 heavy (non-hydrogen) atoms. The Morgan fingerprint density at radius 3 is 2.53 bits per heavy atom. The number of aliphatic carboxylic acids is 1. The Labute approximate surface area is 212 Å². The topological polar surface area (TPSA) is 93.4 Å². The summed E-state index contributed by atoms with van der Waals surface area (Å²) in [6.45, 7) is -0.0716. The molecule has 0 aliphatic rings. The lowest BCUT2D eigenvalue weighted by Gasteiger charge is -2.09. The summed E-state index contributed by atoms with van der Waals surface area (Å²) >= 11 is 5.99. The number of benzene rings is 3. The van der Waals surface area contributed by atoms with Gasteiger partial charge in [-0.3, -0.25) is 4.79 Å². The molecule has 0 aliphatic carbocycles. The van der Waals surface area contributed by atoms with E-state index in [1.165, 1.54) is 12.1 Å². The molecule has 2 N–H and O–H groups in total. The van der Waals surface area contributed by atoms with Gasteiger partial charge in [-0.1, -0.05) is 35.9 Å². The summed E-state index contributed by atoms with van der Waals surface area (Å²) in [7, 11) is 0. The van der Waals surface area contributed by atoms with Gasteiger partial charge in [-0.25, -0.2) is 13.9 Å². The molecule has 0 saturated heterocycles. The van der Waals surface area contributed by atoms with Gasteiger partial charge in [0, 0.05) is 30.0 Å². The number of carboxylic acid groups (broad SMARTS) is 1. The molecule has 9 heteroatoms. The van der Waals surface area contributed by atoms with E-state index < -0.39 is 12.6 Å². The molecule has 1 amide bonds. The fourth-order valence-corrected chi connectivity index (χ4v) is 3.82. The lowest BCUT2D eigenvalue weighted by Crippen LogP contribution is -2.23. The fourth-order valence-electron chi connectivity index (χ4n) is 3.61. The Morgan fingerprint density at radius 1 is 1.03 bits per heavy atom. The van der Waals surface area contributed by atoms with Crippen LogP contribution in [0, 0.1) is 5.82 Å². The molecule has 4 aromatic rings. The Kier molecular flexibility index (Phi) is 7.97. The summed E-state index contributed by atoms with van der Waals surface area (Å²) in [5.74, 6) is -1.17. The fraction of sp³-hybridized carbons (Fsp3) is 0.148. The highest BCUT2D eigenvalue weighted by molar-refractivity contribution is 6.30. The van der Waals surface area contributed by atoms with Crippen LogP contribution < -0.4 is 10.1 Å². The maximum Gasteiger partial charge on any atom is 0.341 e. The van der Waals surface area contributed by atoms with Gasteiger partial charge in [0.25, 0.3) is 0 Å². The molecular weight excluding hydrogens is 485 g/mol. The van der Waals surface area contributed by atoms with Crippen molar-refractivity contribution in [2.24, 2.45) is 0 Å². The Morgan fingerprint density at radius 2 is 1.81 bits per heavy atom. The Bertz CT molecular complexity index is 1370. The first-order valence-electron chi connectivity index (χ1n) is 11.2. The third-order valence-corrected chi connectivity index (χ3v) is 5.55. The number of carbonyl (C=O) groups is 2. The smallest absolute Gasteiger partial charge is 0.341 e. The number of aromatic nitrogens is 2. The molecule has 0 radical (unpaired) electrons. The molecule has 3 aromatic carbocycles. The van der Waals surface area contributed by atoms with Crippen LogP contribution in [0.3, 0.4) is 0 Å². The summed E-state index contributed by atoms with van der Waals surface area (Å²) in [4.78, 5) is 23.1. The van der Waals surface area contributed by atoms with E-state index in [-0.39, 0.29) is 18.1 Å². The molecule has 0 spiro atoms. The van der Waals surface area contributed by atoms with Crippen molar-refractivity contribution in [1.82, 2.24) is 15.1 Å². The van der Waals surface area contributed by atoms with Crippen molar-refractivity contribution in [2.45, 2.75) is 19.4 Å². The number of carboxylic acids is 1. The largest absolute Gasteiger partial charge is 0.482 e. The van der Waals surface area contributed by atoms with Crippen molar-refractivity contribution in [3.63, 3.8) is 0 Å². The van der Waals surface area contributed by atoms with Crippen LogP contribution in [0.5, 0.6) is 5.75 Å². The molecule has 1 heterocycles. The number of nitrogens with one attached hydrogen (secondary N) is 1. The lowest BCUT2D eigenvalue weighted by atomic mass is 10.1. The number of carbonyl (C=O) groups excluding carboxylic acids is 1. The SMILES string of the molecule is O=C(O)COc1ccc(-n2nc(CCC(=O)NCc3cccc(Cl)c3)cc2-c2cccc(F)c2)cc1. The predicted octanol–water partition coefficient (Wildman–Crippen LogP) is 5.04. The number of aryl methyl sites for hydroxylation is 1. The Hall–Kier alpha value is -4.17. The van der Waals surface area contributed by atoms with E-state index in [9.17, 15) is 14.0 Å². The van der Waals surface area contributed by atoms with Crippen LogP contribution in [0.4, 0.5) is 4.39 Å². The molecule has 0 unspecified atom stereocenters. The first-order chi connectivity index (χ1) is 17.4. The second-order valence-corrected chi connectivity index (χ2v) is 8.46. The average Bonchev–Trinajstić information content (AvgIpc) is 3.30. The van der Waals surface area contributed by atoms with Gasteiger partial charge < -0.3 is 15.2 Å². The van der Waals surface area contributed by atoms with Gasteiger partial charge in [-0.15, -0.1) is 0 Å². The molecule has 184 valence electrons. The Balaban J connectivity index is 1.50. The van der Waals surface area contributed by atoms with Gasteiger partial charge in [0.1, 0.15) is 11.6 Å². The van der Waals surface area contributed by atoms with E-state index in [0.717, 1.165) is 5.56 Å². The molecule has 0 saturated carbocycles. The number of nitrogens with zero attached hydrogens (tertiary/aromatic N) is 2. The first kappa shape index (κ1) is 24.9. The van der Waals surface area contributed by atoms with Gasteiger partial charge in [0.2, 0.25) is 5.91 Å². The molecular formula is C27H23ClFN3O4. The van der Waals surface area contributed by atoms with Crippen LogP contribution in [0.1, 0.15) is 17.7 Å². The first-order valence-corrected chi connectivity index (χ1v) is 11.6. The summed E-state index contributed by atoms with van der Waals surface area (Å²) in [5.41, 5.74) is 3.53. The highest BCUT2D eigenvalue weighted by Gasteiger charge is 2.14. The minimum absolute atomic E-state index is 0.128. The summed E-state index contributed by atoms with van der Waals surface area (Å²) in [5, 5.41) is 16.9. The zero-order valence-corrected chi connectivity index (χ0v) is 19.9. The number of amides is 1. The number of ether oxygens (including phenoxy) is 1. The highest BCUT2D eigenvalue weighted by Crippen LogP contribution is 2.26. The lowest BCUT2D eigenvalue weighted by molar-refractivity contribution is -0.139. The van der Waals surface area contributed by atoms with Crippen molar-refractivity contribution in [2.75, 3.05) is 6.61 Å². The monoisotopic (exact) mass is 507 g/mol. The standard InChI is InChI=1S/C27H23ClFN3O4/c28-20-5-1-3-18(13-20)16-30-26(33)12-7-22-15-25(19-4-2-6-21(29)14-19)32(31-22)23-8-10-24(11-9-23)36-17-27(34)35/h1-6,8-11,13-15H,7,12,16-17H2,(H,30,33)(H,34,35). The predicted molar refractivity (Wildman–Crippen MR) is 134 cm³/mol. The van der Waals surface area contributed by atoms with Crippen LogP contribution in [-0.4, -0.2) is 33.4 Å². The quantitative estimate of drug-likeness (QED) is 0.313. The van der Waals surface area contributed by atoms with E-state index in [1.807, 2.05) is 18.2 Å². The molecule has 0 aliphatic heterocycles. The molecule has 0 atom stereocenters. The van der Waals surface area contributed by atoms with E-state index >= 15 is 0 Å². The van der Waals surface area contributed by atoms with Crippen LogP contribution >= 0.6 is 11.6 Å². The van der Waals surface area contributed by atoms with Crippen molar-refractivity contribution >= 4 is 23.5 Å². The van der Waals surface area contributed by atoms with Gasteiger partial charge in [-0.2, -0.15) is 5.10 Å². The van der Waals surface area contributed by atoms with Crippen LogP contribution in [-0.2, 0) is 22.6 Å². The second kappa shape index (κ2) is 11.5. The number of hydrogen-bond donors (Lipinski definition) is 2. The average molecular weight is 508 g/mol. The third-order valence-electron chi connectivity index (χ3n) is 5.31. The molecule has 1 aromatic heterocycles. The van der Waals surface area contributed by atoms with E-state index in [1.54, 1.807) is 53.2 Å². The minimum Gasteiger partial charge on any atom is -0.482 e. The molecule has 0 bridgehead atoms. The van der Waals surface area contributed by atoms with Crippen molar-refractivity contribution in [1.29, 1.82) is 0 Å². The zero-order chi connectivity index (χ0) is 25.5. The molecule has 7 nitrogen and oxygen atoms in total. The van der Waals surface area contributed by atoms with Crippen molar-refractivity contribution < 1.29 is 23.8 Å². The van der Waals surface area contributed by atoms with E-state index in [2.05, 4.69) is 10.4 Å². The van der Waals surface area contributed by atoms with Crippen LogP contribution in [0.25, 0.3) is 16.9 Å². The molecule has 4 rings (SSSR count). The second-order valence-electron chi connectivity index (χ2n) is 8.03. The van der Waals surface area contributed by atoms with Crippen LogP contribution in [0.2, 0.25) is 5.02 Å². The summed E-state index contributed by atoms with van der Waals surface area (Å²) in [6, 6.07) is 22.0. The number of rotatable bonds is 10. The van der Waals surface area contributed by atoms with Gasteiger partial charge in [0.05, 0.1) is 17.1 Å². The van der Waals surface area contributed by atoms with Crippen molar-refractivity contribution in [3.05, 3.63) is 101 Å². The number of halogens is 2. The highest BCUT2D eigenvalue weighted by atomic mass is 35.5.